The summed E-state index contributed by atoms with van der Waals surface area (Å²) in [6.07, 6.45) is 0.140. The molecule has 0 bridgehead atoms. The molecule has 0 atom stereocenters. The first kappa shape index (κ1) is 17.9. The lowest BCUT2D eigenvalue weighted by molar-refractivity contribution is -0.136. The van der Waals surface area contributed by atoms with Gasteiger partial charge >= 0.3 is 5.97 Å². The smallest absolute Gasteiger partial charge is 0.304 e. The van der Waals surface area contributed by atoms with Gasteiger partial charge in [0, 0.05) is 21.8 Å². The van der Waals surface area contributed by atoms with E-state index in [4.69, 9.17) is 5.11 Å². The van der Waals surface area contributed by atoms with Crippen molar-refractivity contribution in [3.05, 3.63) is 23.3 Å². The topological polar surface area (TPSA) is 57.5 Å². The number of hydrogen-bond acceptors (Lipinski definition) is 3. The average Bonchev–Trinajstić information content (AvgIpc) is 2.27. The maximum atomic E-state index is 10.6. The van der Waals surface area contributed by atoms with E-state index in [-0.39, 0.29) is 17.3 Å². The van der Waals surface area contributed by atoms with Crippen LogP contribution in [0.15, 0.2) is 17.0 Å². The molecule has 1 aromatic carbocycles. The van der Waals surface area contributed by atoms with Crippen LogP contribution in [0.3, 0.4) is 0 Å². The van der Waals surface area contributed by atoms with E-state index in [9.17, 15) is 9.90 Å². The van der Waals surface area contributed by atoms with Gasteiger partial charge in [-0.25, -0.2) is 0 Å². The van der Waals surface area contributed by atoms with E-state index < -0.39 is 5.97 Å². The summed E-state index contributed by atoms with van der Waals surface area (Å²) in [7, 11) is 0. The number of phenols is 1. The van der Waals surface area contributed by atoms with Gasteiger partial charge in [0.2, 0.25) is 0 Å². The van der Waals surface area contributed by atoms with Crippen LogP contribution in [0.1, 0.15) is 59.1 Å². The van der Waals surface area contributed by atoms with Gasteiger partial charge in [-0.05, 0) is 23.0 Å². The van der Waals surface area contributed by atoms with Gasteiger partial charge in [0.05, 0.1) is 6.42 Å². The molecule has 2 N–H and O–H groups in total. The number of carbonyl (C=O) groups is 1. The largest absolute Gasteiger partial charge is 0.507 e. The number of benzene rings is 1. The zero-order chi connectivity index (χ0) is 16.4. The van der Waals surface area contributed by atoms with Gasteiger partial charge in [-0.3, -0.25) is 4.79 Å². The fraction of sp³-hybridized carbons (Fsp3) is 0.588. The molecule has 0 amide bonds. The van der Waals surface area contributed by atoms with Crippen molar-refractivity contribution < 1.29 is 15.0 Å². The molecule has 0 spiro atoms. The number of rotatable bonds is 4. The van der Waals surface area contributed by atoms with Crippen molar-refractivity contribution in [2.24, 2.45) is 0 Å². The Balaban J connectivity index is 3.24. The Morgan fingerprint density at radius 2 is 1.48 bits per heavy atom. The molecule has 0 saturated heterocycles. The third-order valence-corrected chi connectivity index (χ3v) is 4.26. The second kappa shape index (κ2) is 6.30. The van der Waals surface area contributed by atoms with Crippen molar-refractivity contribution in [3.8, 4) is 5.75 Å². The summed E-state index contributed by atoms with van der Waals surface area (Å²) in [5.41, 5.74) is 1.50. The van der Waals surface area contributed by atoms with E-state index >= 15 is 0 Å². The molecule has 0 aromatic heterocycles. The average molecular weight is 310 g/mol. The lowest BCUT2D eigenvalue weighted by Crippen LogP contribution is -2.17. The highest BCUT2D eigenvalue weighted by molar-refractivity contribution is 7.99. The van der Waals surface area contributed by atoms with Gasteiger partial charge in [-0.1, -0.05) is 41.5 Å². The van der Waals surface area contributed by atoms with Gasteiger partial charge in [-0.2, -0.15) is 0 Å². The van der Waals surface area contributed by atoms with Gasteiger partial charge in [-0.15, -0.1) is 11.8 Å². The summed E-state index contributed by atoms with van der Waals surface area (Å²) in [6, 6.07) is 3.97. The van der Waals surface area contributed by atoms with Crippen LogP contribution in [-0.4, -0.2) is 21.9 Å². The molecule has 0 aliphatic carbocycles. The Bertz CT molecular complexity index is 487. The Morgan fingerprint density at radius 3 is 1.81 bits per heavy atom. The van der Waals surface area contributed by atoms with Crippen LogP contribution in [0.5, 0.6) is 5.75 Å². The Hall–Kier alpha value is -1.16. The van der Waals surface area contributed by atoms with E-state index in [1.165, 1.54) is 11.8 Å². The molecule has 3 nitrogen and oxygen atoms in total. The van der Waals surface area contributed by atoms with Gasteiger partial charge < -0.3 is 10.2 Å². The zero-order valence-electron chi connectivity index (χ0n) is 13.8. The molecule has 0 fully saturated rings. The minimum absolute atomic E-state index is 0.140. The quantitative estimate of drug-likeness (QED) is 0.801. The van der Waals surface area contributed by atoms with Crippen LogP contribution < -0.4 is 0 Å². The normalized spacial score (nSPS) is 12.5. The number of hydrogen-bond donors (Lipinski definition) is 2. The molecule has 1 aromatic rings. The van der Waals surface area contributed by atoms with Crippen LogP contribution in [0, 0.1) is 0 Å². The van der Waals surface area contributed by atoms with Crippen LogP contribution in [0.2, 0.25) is 0 Å². The molecule has 21 heavy (non-hydrogen) atoms. The number of thioether (sulfide) groups is 1. The predicted molar refractivity (Wildman–Crippen MR) is 88.5 cm³/mol. The molecule has 0 radical (unpaired) electrons. The minimum Gasteiger partial charge on any atom is -0.507 e. The van der Waals surface area contributed by atoms with E-state index in [0.717, 1.165) is 16.0 Å². The molecule has 1 rings (SSSR count). The zero-order valence-corrected chi connectivity index (χ0v) is 14.6. The maximum absolute atomic E-state index is 10.6. The second-order valence-electron chi connectivity index (χ2n) is 7.36. The van der Waals surface area contributed by atoms with Gasteiger partial charge in [0.15, 0.2) is 0 Å². The van der Waals surface area contributed by atoms with Crippen molar-refractivity contribution >= 4 is 17.7 Å². The third kappa shape index (κ3) is 4.95. The fourth-order valence-corrected chi connectivity index (χ4v) is 3.01. The summed E-state index contributed by atoms with van der Waals surface area (Å²) in [6.45, 7) is 12.4. The Kier molecular flexibility index (Phi) is 5.37. The first-order valence-electron chi connectivity index (χ1n) is 7.15. The first-order chi connectivity index (χ1) is 9.43. The Morgan fingerprint density at radius 1 is 1.05 bits per heavy atom. The SMILES string of the molecule is CC(C)(C)c1cc(SCCC(=O)O)cc(C(C)(C)C)c1O. The van der Waals surface area contributed by atoms with Crippen molar-refractivity contribution in [2.45, 2.75) is 63.7 Å². The molecular weight excluding hydrogens is 284 g/mol. The van der Waals surface area contributed by atoms with Gasteiger partial charge in [0.25, 0.3) is 0 Å². The highest BCUT2D eigenvalue weighted by Crippen LogP contribution is 2.41. The number of aliphatic carboxylic acids is 1. The molecule has 0 saturated carbocycles. The third-order valence-electron chi connectivity index (χ3n) is 3.28. The first-order valence-corrected chi connectivity index (χ1v) is 8.14. The second-order valence-corrected chi connectivity index (χ2v) is 8.53. The lowest BCUT2D eigenvalue weighted by atomic mass is 9.79. The molecule has 4 heteroatoms. The molecular formula is C17H26O3S. The monoisotopic (exact) mass is 310 g/mol. The molecule has 0 heterocycles. The highest BCUT2D eigenvalue weighted by Gasteiger charge is 2.26. The number of carboxylic acid groups (broad SMARTS) is 1. The van der Waals surface area contributed by atoms with Crippen molar-refractivity contribution in [1.29, 1.82) is 0 Å². The van der Waals surface area contributed by atoms with E-state index in [2.05, 4.69) is 41.5 Å². The van der Waals surface area contributed by atoms with Crippen molar-refractivity contribution in [3.63, 3.8) is 0 Å². The predicted octanol–water partition coefficient (Wildman–Crippen LogP) is 4.55. The molecule has 0 unspecified atom stereocenters. The van der Waals surface area contributed by atoms with Crippen molar-refractivity contribution in [1.82, 2.24) is 0 Å². The molecule has 0 aliphatic heterocycles. The highest BCUT2D eigenvalue weighted by atomic mass is 32.2. The lowest BCUT2D eigenvalue weighted by Gasteiger charge is -2.28. The number of carboxylic acids is 1. The van der Waals surface area contributed by atoms with Crippen molar-refractivity contribution in [2.75, 3.05) is 5.75 Å². The van der Waals surface area contributed by atoms with Crippen LogP contribution in [-0.2, 0) is 15.6 Å². The standard InChI is InChI=1S/C17H26O3S/c1-16(2,3)12-9-11(21-8-7-14(18)19)10-13(15(12)20)17(4,5)6/h9-10,20H,7-8H2,1-6H3,(H,18,19). The number of phenolic OH excluding ortho intramolecular Hbond substituents is 1. The van der Waals surface area contributed by atoms with Crippen LogP contribution in [0.4, 0.5) is 0 Å². The van der Waals surface area contributed by atoms with Crippen LogP contribution >= 0.6 is 11.8 Å². The summed E-state index contributed by atoms with van der Waals surface area (Å²) in [4.78, 5) is 11.7. The minimum atomic E-state index is -0.784. The van der Waals surface area contributed by atoms with Gasteiger partial charge in [0.1, 0.15) is 5.75 Å². The van der Waals surface area contributed by atoms with Crippen LogP contribution in [0.25, 0.3) is 0 Å². The van der Waals surface area contributed by atoms with E-state index in [1.807, 2.05) is 12.1 Å². The van der Waals surface area contributed by atoms with E-state index in [0.29, 0.717) is 11.5 Å². The summed E-state index contributed by atoms with van der Waals surface area (Å²) in [5, 5.41) is 19.3. The Labute approximate surface area is 131 Å². The molecule has 0 aliphatic rings. The number of aromatic hydroxyl groups is 1. The summed E-state index contributed by atoms with van der Waals surface area (Å²) >= 11 is 1.53. The van der Waals surface area contributed by atoms with E-state index in [1.54, 1.807) is 0 Å². The maximum Gasteiger partial charge on any atom is 0.304 e. The summed E-state index contributed by atoms with van der Waals surface area (Å²) < 4.78 is 0. The molecule has 118 valence electrons. The fourth-order valence-electron chi connectivity index (χ4n) is 2.09. The summed E-state index contributed by atoms with van der Waals surface area (Å²) in [5.74, 6) is 0.110.